The van der Waals surface area contributed by atoms with Gasteiger partial charge in [0.1, 0.15) is 11.6 Å². The van der Waals surface area contributed by atoms with Gasteiger partial charge in [-0.1, -0.05) is 11.6 Å². The van der Waals surface area contributed by atoms with Crippen molar-refractivity contribution in [3.05, 3.63) is 59.0 Å². The van der Waals surface area contributed by atoms with E-state index in [1.54, 1.807) is 12.1 Å². The minimum absolute atomic E-state index is 0.0384. The van der Waals surface area contributed by atoms with Crippen LogP contribution >= 0.6 is 11.6 Å². The molecule has 102 valence electrons. The lowest BCUT2D eigenvalue weighted by molar-refractivity contribution is -0.131. The summed E-state index contributed by atoms with van der Waals surface area (Å²) >= 11 is 5.64. The van der Waals surface area contributed by atoms with E-state index in [4.69, 9.17) is 21.4 Å². The van der Waals surface area contributed by atoms with Crippen LogP contribution in [0.2, 0.25) is 5.02 Å². The molecule has 1 aromatic carbocycles. The summed E-state index contributed by atoms with van der Waals surface area (Å²) in [6.07, 6.45) is 3.88. The second-order valence-electron chi connectivity index (χ2n) is 3.78. The highest BCUT2D eigenvalue weighted by atomic mass is 35.5. The van der Waals surface area contributed by atoms with Gasteiger partial charge in [-0.3, -0.25) is 0 Å². The molecular formula is C14H9ClFNO3. The molecule has 0 atom stereocenters. The number of benzene rings is 1. The predicted octanol–water partition coefficient (Wildman–Crippen LogP) is 3.76. The third kappa shape index (κ3) is 3.80. The molecule has 20 heavy (non-hydrogen) atoms. The summed E-state index contributed by atoms with van der Waals surface area (Å²) in [5.74, 6) is -0.912. The maximum absolute atomic E-state index is 13.0. The molecule has 6 heteroatoms. The van der Waals surface area contributed by atoms with Crippen molar-refractivity contribution in [3.63, 3.8) is 0 Å². The Kier molecular flexibility index (Phi) is 4.32. The third-order valence-electron chi connectivity index (χ3n) is 2.29. The van der Waals surface area contributed by atoms with E-state index in [-0.39, 0.29) is 5.02 Å². The molecule has 0 amide bonds. The van der Waals surface area contributed by atoms with Crippen LogP contribution in [0.3, 0.4) is 0 Å². The van der Waals surface area contributed by atoms with Gasteiger partial charge in [-0.15, -0.1) is 0 Å². The summed E-state index contributed by atoms with van der Waals surface area (Å²) in [6, 6.07) is 7.19. The van der Waals surface area contributed by atoms with Gasteiger partial charge in [0, 0.05) is 24.4 Å². The van der Waals surface area contributed by atoms with Crippen LogP contribution in [-0.4, -0.2) is 16.1 Å². The Labute approximate surface area is 119 Å². The van der Waals surface area contributed by atoms with Crippen LogP contribution in [-0.2, 0) is 4.79 Å². The molecule has 4 nitrogen and oxygen atoms in total. The maximum atomic E-state index is 13.0. The van der Waals surface area contributed by atoms with Crippen LogP contribution in [0.15, 0.2) is 42.6 Å². The van der Waals surface area contributed by atoms with Crippen LogP contribution in [0, 0.1) is 5.82 Å². The van der Waals surface area contributed by atoms with Crippen molar-refractivity contribution >= 4 is 23.6 Å². The normalized spacial score (nSPS) is 10.7. The first-order valence-corrected chi connectivity index (χ1v) is 5.92. The number of aromatic nitrogens is 1. The Bertz CT molecular complexity index is 656. The van der Waals surface area contributed by atoms with Crippen molar-refractivity contribution in [1.29, 1.82) is 0 Å². The summed E-state index contributed by atoms with van der Waals surface area (Å²) in [6.45, 7) is 0. The fourth-order valence-corrected chi connectivity index (χ4v) is 1.55. The molecule has 1 aromatic heterocycles. The zero-order chi connectivity index (χ0) is 14.5. The first kappa shape index (κ1) is 14.0. The van der Waals surface area contributed by atoms with Crippen LogP contribution in [0.4, 0.5) is 4.39 Å². The number of carbonyl (C=O) groups is 1. The summed E-state index contributed by atoms with van der Waals surface area (Å²) in [4.78, 5) is 14.4. The Hall–Kier alpha value is -2.40. The number of carboxylic acid groups (broad SMARTS) is 1. The Morgan fingerprint density at radius 2 is 2.15 bits per heavy atom. The number of ether oxygens (including phenoxy) is 1. The molecule has 0 radical (unpaired) electrons. The van der Waals surface area contributed by atoms with E-state index in [1.165, 1.54) is 30.5 Å². The summed E-state index contributed by atoms with van der Waals surface area (Å²) in [5.41, 5.74) is 0.622. The van der Waals surface area contributed by atoms with E-state index in [2.05, 4.69) is 4.98 Å². The molecule has 2 rings (SSSR count). The van der Waals surface area contributed by atoms with E-state index >= 15 is 0 Å². The topological polar surface area (TPSA) is 59.4 Å². The Morgan fingerprint density at radius 3 is 2.75 bits per heavy atom. The first-order chi connectivity index (χ1) is 9.54. The van der Waals surface area contributed by atoms with E-state index < -0.39 is 11.8 Å². The van der Waals surface area contributed by atoms with Crippen molar-refractivity contribution in [1.82, 2.24) is 4.98 Å². The highest BCUT2D eigenvalue weighted by molar-refractivity contribution is 6.30. The van der Waals surface area contributed by atoms with Gasteiger partial charge in [0.25, 0.3) is 0 Å². The average Bonchev–Trinajstić information content (AvgIpc) is 2.42. The second kappa shape index (κ2) is 6.16. The van der Waals surface area contributed by atoms with E-state index in [0.29, 0.717) is 17.2 Å². The van der Waals surface area contributed by atoms with Crippen LogP contribution in [0.5, 0.6) is 11.6 Å². The van der Waals surface area contributed by atoms with Gasteiger partial charge in [-0.25, -0.2) is 14.2 Å². The average molecular weight is 294 g/mol. The molecule has 0 spiro atoms. The smallest absolute Gasteiger partial charge is 0.328 e. The molecule has 0 aliphatic heterocycles. The standard InChI is InChI=1S/C14H9ClFNO3/c15-11-7-10(3-4-12(11)16)20-13-5-1-9(8-17-13)2-6-14(18)19/h1-8H,(H,18,19)/b6-2+. The van der Waals surface area contributed by atoms with Crippen molar-refractivity contribution in [2.75, 3.05) is 0 Å². The SMILES string of the molecule is O=C(O)/C=C/c1ccc(Oc2ccc(F)c(Cl)c2)nc1. The summed E-state index contributed by atoms with van der Waals surface area (Å²) < 4.78 is 18.4. The van der Waals surface area contributed by atoms with Gasteiger partial charge in [0.05, 0.1) is 5.02 Å². The molecule has 0 aliphatic carbocycles. The maximum Gasteiger partial charge on any atom is 0.328 e. The zero-order valence-corrected chi connectivity index (χ0v) is 10.8. The molecule has 2 aromatic rings. The van der Waals surface area contributed by atoms with Gasteiger partial charge in [0.2, 0.25) is 5.88 Å². The van der Waals surface area contributed by atoms with E-state index in [1.807, 2.05) is 0 Å². The number of rotatable bonds is 4. The largest absolute Gasteiger partial charge is 0.478 e. The molecule has 0 aliphatic rings. The van der Waals surface area contributed by atoms with Crippen LogP contribution < -0.4 is 4.74 Å². The summed E-state index contributed by atoms with van der Waals surface area (Å²) in [5, 5.41) is 8.46. The summed E-state index contributed by atoms with van der Waals surface area (Å²) in [7, 11) is 0. The molecule has 0 unspecified atom stereocenters. The zero-order valence-electron chi connectivity index (χ0n) is 10.1. The fraction of sp³-hybridized carbons (Fsp3) is 0. The molecular weight excluding hydrogens is 285 g/mol. The number of nitrogens with zero attached hydrogens (tertiary/aromatic N) is 1. The highest BCUT2D eigenvalue weighted by Crippen LogP contribution is 2.25. The molecule has 0 saturated carbocycles. The minimum Gasteiger partial charge on any atom is -0.478 e. The molecule has 0 bridgehead atoms. The fourth-order valence-electron chi connectivity index (χ4n) is 1.38. The van der Waals surface area contributed by atoms with Crippen molar-refractivity contribution < 1.29 is 19.0 Å². The molecule has 1 N–H and O–H groups in total. The third-order valence-corrected chi connectivity index (χ3v) is 2.58. The number of hydrogen-bond donors (Lipinski definition) is 1. The lowest BCUT2D eigenvalue weighted by atomic mass is 10.2. The van der Waals surface area contributed by atoms with Crippen molar-refractivity contribution in [2.45, 2.75) is 0 Å². The van der Waals surface area contributed by atoms with Gasteiger partial charge in [-0.05, 0) is 29.8 Å². The van der Waals surface area contributed by atoms with E-state index in [9.17, 15) is 9.18 Å². The Balaban J connectivity index is 2.10. The minimum atomic E-state index is -1.04. The lowest BCUT2D eigenvalue weighted by Gasteiger charge is -2.05. The number of halogens is 2. The van der Waals surface area contributed by atoms with Crippen LogP contribution in [0.25, 0.3) is 6.08 Å². The highest BCUT2D eigenvalue weighted by Gasteiger charge is 2.03. The van der Waals surface area contributed by atoms with Crippen LogP contribution in [0.1, 0.15) is 5.56 Å². The lowest BCUT2D eigenvalue weighted by Crippen LogP contribution is -1.89. The Morgan fingerprint density at radius 1 is 1.35 bits per heavy atom. The number of carboxylic acids is 1. The van der Waals surface area contributed by atoms with Gasteiger partial charge >= 0.3 is 5.97 Å². The second-order valence-corrected chi connectivity index (χ2v) is 4.19. The molecule has 1 heterocycles. The molecule has 0 saturated heterocycles. The number of hydrogen-bond acceptors (Lipinski definition) is 3. The van der Waals surface area contributed by atoms with Crippen molar-refractivity contribution in [2.24, 2.45) is 0 Å². The van der Waals surface area contributed by atoms with Crippen molar-refractivity contribution in [3.8, 4) is 11.6 Å². The number of aliphatic carboxylic acids is 1. The van der Waals surface area contributed by atoms with Gasteiger partial charge < -0.3 is 9.84 Å². The predicted molar refractivity (Wildman–Crippen MR) is 72.4 cm³/mol. The van der Waals surface area contributed by atoms with Gasteiger partial charge in [-0.2, -0.15) is 0 Å². The van der Waals surface area contributed by atoms with Gasteiger partial charge in [0.15, 0.2) is 0 Å². The number of pyridine rings is 1. The van der Waals surface area contributed by atoms with E-state index in [0.717, 1.165) is 6.08 Å². The molecule has 0 fully saturated rings. The quantitative estimate of drug-likeness (QED) is 0.872. The monoisotopic (exact) mass is 293 g/mol. The first-order valence-electron chi connectivity index (χ1n) is 5.54.